The summed E-state index contributed by atoms with van der Waals surface area (Å²) in [5.74, 6) is -1.13. The lowest BCUT2D eigenvalue weighted by Gasteiger charge is -2.14. The summed E-state index contributed by atoms with van der Waals surface area (Å²) in [4.78, 5) is 31.7. The topological polar surface area (TPSA) is 118 Å². The molecule has 0 bridgehead atoms. The predicted octanol–water partition coefficient (Wildman–Crippen LogP) is 3.78. The van der Waals surface area contributed by atoms with Crippen molar-refractivity contribution in [3.63, 3.8) is 0 Å². The Hall–Kier alpha value is -4.05. The van der Waals surface area contributed by atoms with Crippen molar-refractivity contribution >= 4 is 32.6 Å². The molecular formula is C23H18FN3O5S. The van der Waals surface area contributed by atoms with E-state index in [0.717, 1.165) is 18.2 Å². The number of rotatable bonds is 6. The highest BCUT2D eigenvalue weighted by Gasteiger charge is 2.20. The van der Waals surface area contributed by atoms with Crippen LogP contribution in [0, 0.1) is 5.82 Å². The molecule has 3 aromatic carbocycles. The number of carbonyl (C=O) groups excluding carboxylic acids is 1. The molecule has 4 rings (SSSR count). The van der Waals surface area contributed by atoms with Gasteiger partial charge >= 0.3 is 5.97 Å². The predicted molar refractivity (Wildman–Crippen MR) is 120 cm³/mol. The molecule has 0 amide bonds. The first-order valence-electron chi connectivity index (χ1n) is 9.81. The van der Waals surface area contributed by atoms with Gasteiger partial charge in [-0.25, -0.2) is 22.6 Å². The zero-order valence-corrected chi connectivity index (χ0v) is 18.1. The van der Waals surface area contributed by atoms with Crippen LogP contribution in [0.25, 0.3) is 10.9 Å². The van der Waals surface area contributed by atoms with Gasteiger partial charge < -0.3 is 9.72 Å². The maximum atomic E-state index is 13.1. The number of aromatic nitrogens is 2. The Labute approximate surface area is 188 Å². The van der Waals surface area contributed by atoms with Crippen molar-refractivity contribution in [2.75, 3.05) is 4.72 Å². The number of ether oxygens (including phenoxy) is 1. The second-order valence-corrected chi connectivity index (χ2v) is 8.84. The van der Waals surface area contributed by atoms with Crippen LogP contribution in [0.4, 0.5) is 10.1 Å². The Balaban J connectivity index is 1.54. The summed E-state index contributed by atoms with van der Waals surface area (Å²) in [5.41, 5.74) is 0.258. The second-order valence-electron chi connectivity index (χ2n) is 7.16. The smallest absolute Gasteiger partial charge is 0.338 e. The minimum Gasteiger partial charge on any atom is -0.451 e. The third-order valence-electron chi connectivity index (χ3n) is 4.78. The van der Waals surface area contributed by atoms with Gasteiger partial charge in [0.05, 0.1) is 21.4 Å². The van der Waals surface area contributed by atoms with Crippen LogP contribution in [0.2, 0.25) is 0 Å². The van der Waals surface area contributed by atoms with Gasteiger partial charge in [-0.05, 0) is 61.5 Å². The van der Waals surface area contributed by atoms with E-state index in [1.165, 1.54) is 30.3 Å². The number of esters is 1. The number of aromatic amines is 1. The quantitative estimate of drug-likeness (QED) is 0.417. The van der Waals surface area contributed by atoms with Crippen molar-refractivity contribution in [1.29, 1.82) is 0 Å². The molecule has 0 radical (unpaired) electrons. The first kappa shape index (κ1) is 22.2. The number of benzene rings is 3. The number of anilines is 1. The van der Waals surface area contributed by atoms with E-state index in [1.807, 2.05) is 0 Å². The van der Waals surface area contributed by atoms with Crippen LogP contribution in [-0.2, 0) is 14.8 Å². The van der Waals surface area contributed by atoms with Crippen LogP contribution in [-0.4, -0.2) is 24.4 Å². The number of H-pyrrole nitrogens is 1. The van der Waals surface area contributed by atoms with Crippen LogP contribution in [0.3, 0.4) is 0 Å². The molecule has 0 aliphatic heterocycles. The van der Waals surface area contributed by atoms with Crippen molar-refractivity contribution in [3.8, 4) is 0 Å². The highest BCUT2D eigenvalue weighted by atomic mass is 32.2. The van der Waals surface area contributed by atoms with E-state index in [9.17, 15) is 22.4 Å². The third-order valence-corrected chi connectivity index (χ3v) is 6.16. The highest BCUT2D eigenvalue weighted by Crippen LogP contribution is 2.20. The monoisotopic (exact) mass is 467 g/mol. The van der Waals surface area contributed by atoms with E-state index in [2.05, 4.69) is 14.7 Å². The van der Waals surface area contributed by atoms with Gasteiger partial charge in [0.2, 0.25) is 0 Å². The van der Waals surface area contributed by atoms with Crippen molar-refractivity contribution in [1.82, 2.24) is 9.97 Å². The fraction of sp³-hybridized carbons (Fsp3) is 0.0870. The van der Waals surface area contributed by atoms with Crippen LogP contribution in [0.1, 0.15) is 29.2 Å². The molecule has 2 N–H and O–H groups in total. The van der Waals surface area contributed by atoms with Gasteiger partial charge in [-0.1, -0.05) is 18.2 Å². The molecule has 168 valence electrons. The fourth-order valence-corrected chi connectivity index (χ4v) is 4.21. The number of hydrogen-bond acceptors (Lipinski definition) is 6. The molecule has 0 aliphatic rings. The van der Waals surface area contributed by atoms with Gasteiger partial charge in [0.15, 0.2) is 11.9 Å². The largest absolute Gasteiger partial charge is 0.451 e. The van der Waals surface area contributed by atoms with Crippen molar-refractivity contribution < 1.29 is 22.3 Å². The van der Waals surface area contributed by atoms with Crippen LogP contribution in [0.5, 0.6) is 0 Å². The summed E-state index contributed by atoms with van der Waals surface area (Å²) < 4.78 is 46.1. The van der Waals surface area contributed by atoms with E-state index in [1.54, 1.807) is 31.2 Å². The van der Waals surface area contributed by atoms with Crippen molar-refractivity contribution in [3.05, 3.63) is 100 Å². The molecule has 1 aromatic heterocycles. The number of halogens is 1. The van der Waals surface area contributed by atoms with Gasteiger partial charge in [0.1, 0.15) is 5.82 Å². The molecular weight excluding hydrogens is 449 g/mol. The van der Waals surface area contributed by atoms with Gasteiger partial charge in [-0.2, -0.15) is 0 Å². The normalized spacial score (nSPS) is 12.3. The third kappa shape index (κ3) is 4.90. The van der Waals surface area contributed by atoms with E-state index in [-0.39, 0.29) is 27.5 Å². The van der Waals surface area contributed by atoms with Crippen molar-refractivity contribution in [2.24, 2.45) is 0 Å². The van der Waals surface area contributed by atoms with Crippen LogP contribution >= 0.6 is 0 Å². The standard InChI is InChI=1S/C23H18FN3O5S/c1-14(21-25-20-8-3-2-7-19(20)22(28)26-21)32-23(29)15-5-4-6-18(13-15)33(30,31)27-17-11-9-16(24)10-12-17/h2-14,27H,1H3,(H,25,26,28)/t14-/m1/s1. The van der Waals surface area contributed by atoms with E-state index in [0.29, 0.717) is 10.9 Å². The fourth-order valence-electron chi connectivity index (χ4n) is 3.10. The Morgan fingerprint density at radius 2 is 1.79 bits per heavy atom. The molecule has 8 nitrogen and oxygen atoms in total. The van der Waals surface area contributed by atoms with E-state index >= 15 is 0 Å². The lowest BCUT2D eigenvalue weighted by atomic mass is 10.2. The number of fused-ring (bicyclic) bond motifs is 1. The molecule has 1 atom stereocenters. The second kappa shape index (κ2) is 8.83. The number of para-hydroxylation sites is 1. The summed E-state index contributed by atoms with van der Waals surface area (Å²) in [6, 6.07) is 16.9. The summed E-state index contributed by atoms with van der Waals surface area (Å²) in [6.45, 7) is 1.54. The molecule has 0 unspecified atom stereocenters. The Morgan fingerprint density at radius 3 is 2.55 bits per heavy atom. The minimum absolute atomic E-state index is 0.00744. The highest BCUT2D eigenvalue weighted by molar-refractivity contribution is 7.92. The zero-order valence-electron chi connectivity index (χ0n) is 17.3. The average Bonchev–Trinajstić information content (AvgIpc) is 2.80. The molecule has 33 heavy (non-hydrogen) atoms. The maximum absolute atomic E-state index is 13.1. The van der Waals surface area contributed by atoms with Crippen LogP contribution in [0.15, 0.2) is 82.5 Å². The van der Waals surface area contributed by atoms with Gasteiger partial charge in [-0.3, -0.25) is 9.52 Å². The first-order valence-corrected chi connectivity index (χ1v) is 11.3. The average molecular weight is 467 g/mol. The molecule has 0 saturated heterocycles. The summed E-state index contributed by atoms with van der Waals surface area (Å²) in [6.07, 6.45) is -0.896. The van der Waals surface area contributed by atoms with Gasteiger partial charge in [0, 0.05) is 5.69 Å². The molecule has 0 spiro atoms. The minimum atomic E-state index is -4.03. The van der Waals surface area contributed by atoms with E-state index < -0.39 is 27.9 Å². The Kier molecular flexibility index (Phi) is 5.93. The number of sulfonamides is 1. The Bertz CT molecular complexity index is 1500. The first-order chi connectivity index (χ1) is 15.7. The number of nitrogens with zero attached hydrogens (tertiary/aromatic N) is 1. The molecule has 0 fully saturated rings. The number of carbonyl (C=O) groups is 1. The SMILES string of the molecule is C[C@@H](OC(=O)c1cccc(S(=O)(=O)Nc2ccc(F)cc2)c1)c1nc2ccccc2c(=O)[nH]1. The summed E-state index contributed by atoms with van der Waals surface area (Å²) in [5, 5.41) is 0.409. The Morgan fingerprint density at radius 1 is 1.06 bits per heavy atom. The van der Waals surface area contributed by atoms with Gasteiger partial charge in [0.25, 0.3) is 15.6 Å². The summed E-state index contributed by atoms with van der Waals surface area (Å²) in [7, 11) is -4.03. The molecule has 10 heteroatoms. The summed E-state index contributed by atoms with van der Waals surface area (Å²) >= 11 is 0. The van der Waals surface area contributed by atoms with Gasteiger partial charge in [-0.15, -0.1) is 0 Å². The number of nitrogens with one attached hydrogen (secondary N) is 2. The molecule has 0 saturated carbocycles. The van der Waals surface area contributed by atoms with Crippen molar-refractivity contribution in [2.45, 2.75) is 17.9 Å². The molecule has 1 heterocycles. The lowest BCUT2D eigenvalue weighted by Crippen LogP contribution is -2.18. The molecule has 0 aliphatic carbocycles. The van der Waals surface area contributed by atoms with Crippen LogP contribution < -0.4 is 10.3 Å². The lowest BCUT2D eigenvalue weighted by molar-refractivity contribution is 0.0319. The zero-order chi connectivity index (χ0) is 23.6. The maximum Gasteiger partial charge on any atom is 0.338 e. The molecule has 4 aromatic rings. The number of hydrogen-bond donors (Lipinski definition) is 2. The van der Waals surface area contributed by atoms with E-state index in [4.69, 9.17) is 4.74 Å².